The molecule has 2 aliphatic carbocycles. The van der Waals surface area contributed by atoms with Crippen LogP contribution >= 0.6 is 0 Å². The Morgan fingerprint density at radius 3 is 2.58 bits per heavy atom. The predicted molar refractivity (Wildman–Crippen MR) is 73.2 cm³/mol. The lowest BCUT2D eigenvalue weighted by Crippen LogP contribution is -2.60. The van der Waals surface area contributed by atoms with Crippen molar-refractivity contribution in [3.8, 4) is 12.3 Å². The van der Waals surface area contributed by atoms with Crippen LogP contribution in [0.4, 0.5) is 0 Å². The molecule has 3 nitrogen and oxygen atoms in total. The standard InChI is InChI=1S/C16H24O3/c1-5-16(18)11-6-8-12-14(2,13(17)19-4)9-7-10-15(12,16)3/h1,12,18H,6-11H2,2-4H3/t12?,14-,15-,16?/m1/s1. The third kappa shape index (κ3) is 1.80. The average molecular weight is 264 g/mol. The Labute approximate surface area is 115 Å². The normalized spacial score (nSPS) is 45.9. The van der Waals surface area contributed by atoms with Gasteiger partial charge in [0.05, 0.1) is 12.5 Å². The van der Waals surface area contributed by atoms with Crippen LogP contribution < -0.4 is 0 Å². The number of methoxy groups -OCH3 is 1. The minimum Gasteiger partial charge on any atom is -0.469 e. The second-order valence-electron chi connectivity index (χ2n) is 6.63. The van der Waals surface area contributed by atoms with Crippen molar-refractivity contribution < 1.29 is 14.6 Å². The highest BCUT2D eigenvalue weighted by Gasteiger charge is 2.62. The molecule has 4 atom stereocenters. The van der Waals surface area contributed by atoms with Crippen molar-refractivity contribution in [3.63, 3.8) is 0 Å². The zero-order valence-corrected chi connectivity index (χ0v) is 12.2. The quantitative estimate of drug-likeness (QED) is 0.585. The van der Waals surface area contributed by atoms with Gasteiger partial charge in [-0.25, -0.2) is 0 Å². The van der Waals surface area contributed by atoms with Crippen LogP contribution in [-0.4, -0.2) is 23.8 Å². The van der Waals surface area contributed by atoms with E-state index in [-0.39, 0.29) is 17.3 Å². The summed E-state index contributed by atoms with van der Waals surface area (Å²) in [6.07, 6.45) is 10.7. The molecule has 0 aromatic rings. The van der Waals surface area contributed by atoms with Gasteiger partial charge in [0.1, 0.15) is 5.60 Å². The molecule has 0 radical (unpaired) electrons. The molecular weight excluding hydrogens is 240 g/mol. The summed E-state index contributed by atoms with van der Waals surface area (Å²) in [6.45, 7) is 4.03. The van der Waals surface area contributed by atoms with E-state index in [0.29, 0.717) is 6.42 Å². The predicted octanol–water partition coefficient (Wildman–Crippen LogP) is 2.52. The molecule has 2 unspecified atom stereocenters. The second-order valence-corrected chi connectivity index (χ2v) is 6.63. The molecule has 0 saturated heterocycles. The van der Waals surface area contributed by atoms with Crippen LogP contribution in [0.3, 0.4) is 0 Å². The number of carbonyl (C=O) groups is 1. The number of terminal acetylenes is 1. The molecule has 0 amide bonds. The number of rotatable bonds is 1. The van der Waals surface area contributed by atoms with Crippen molar-refractivity contribution in [1.82, 2.24) is 0 Å². The average Bonchev–Trinajstić information content (AvgIpc) is 2.40. The van der Waals surface area contributed by atoms with Crippen molar-refractivity contribution in [2.75, 3.05) is 7.11 Å². The molecule has 0 aromatic carbocycles. The van der Waals surface area contributed by atoms with Gasteiger partial charge in [-0.1, -0.05) is 19.3 Å². The summed E-state index contributed by atoms with van der Waals surface area (Å²) < 4.78 is 5.02. The lowest BCUT2D eigenvalue weighted by Gasteiger charge is -2.58. The zero-order chi connectivity index (χ0) is 14.3. The fraction of sp³-hybridized carbons (Fsp3) is 0.812. The summed E-state index contributed by atoms with van der Waals surface area (Å²) in [5, 5.41) is 10.8. The summed E-state index contributed by atoms with van der Waals surface area (Å²) >= 11 is 0. The van der Waals surface area contributed by atoms with Crippen LogP contribution in [-0.2, 0) is 9.53 Å². The van der Waals surface area contributed by atoms with Gasteiger partial charge in [-0.3, -0.25) is 4.79 Å². The number of hydrogen-bond donors (Lipinski definition) is 1. The van der Waals surface area contributed by atoms with E-state index < -0.39 is 11.0 Å². The molecule has 2 aliphatic rings. The van der Waals surface area contributed by atoms with E-state index in [2.05, 4.69) is 12.8 Å². The van der Waals surface area contributed by atoms with E-state index in [0.717, 1.165) is 32.1 Å². The molecule has 0 aromatic heterocycles. The van der Waals surface area contributed by atoms with Gasteiger partial charge in [-0.15, -0.1) is 6.42 Å². The summed E-state index contributed by atoms with van der Waals surface area (Å²) in [7, 11) is 1.44. The number of fused-ring (bicyclic) bond motifs is 1. The van der Waals surface area contributed by atoms with Gasteiger partial charge in [-0.05, 0) is 44.9 Å². The molecule has 19 heavy (non-hydrogen) atoms. The zero-order valence-electron chi connectivity index (χ0n) is 12.2. The molecule has 2 fully saturated rings. The second kappa shape index (κ2) is 4.52. The van der Waals surface area contributed by atoms with Gasteiger partial charge in [0.15, 0.2) is 0 Å². The first kappa shape index (κ1) is 14.4. The Balaban J connectivity index is 2.46. The maximum absolute atomic E-state index is 12.2. The van der Waals surface area contributed by atoms with Crippen molar-refractivity contribution in [1.29, 1.82) is 0 Å². The third-order valence-corrected chi connectivity index (χ3v) is 5.80. The van der Waals surface area contributed by atoms with E-state index in [1.54, 1.807) is 0 Å². The van der Waals surface area contributed by atoms with Gasteiger partial charge in [-0.2, -0.15) is 0 Å². The summed E-state index contributed by atoms with van der Waals surface area (Å²) in [6, 6.07) is 0. The molecule has 3 heteroatoms. The molecular formula is C16H24O3. The first-order valence-electron chi connectivity index (χ1n) is 7.13. The fourth-order valence-corrected chi connectivity index (χ4v) is 4.57. The smallest absolute Gasteiger partial charge is 0.311 e. The summed E-state index contributed by atoms with van der Waals surface area (Å²) in [4.78, 5) is 12.2. The molecule has 2 rings (SSSR count). The van der Waals surface area contributed by atoms with Crippen LogP contribution in [0.2, 0.25) is 0 Å². The largest absolute Gasteiger partial charge is 0.469 e. The van der Waals surface area contributed by atoms with Crippen molar-refractivity contribution in [3.05, 3.63) is 0 Å². The highest BCUT2D eigenvalue weighted by atomic mass is 16.5. The number of esters is 1. The Morgan fingerprint density at radius 1 is 1.32 bits per heavy atom. The Kier molecular flexibility index (Phi) is 3.43. The topological polar surface area (TPSA) is 46.5 Å². The van der Waals surface area contributed by atoms with Crippen LogP contribution in [0.25, 0.3) is 0 Å². The maximum atomic E-state index is 12.2. The van der Waals surface area contributed by atoms with Crippen molar-refractivity contribution in [2.24, 2.45) is 16.7 Å². The number of ether oxygens (including phenoxy) is 1. The molecule has 0 bridgehead atoms. The van der Waals surface area contributed by atoms with Gasteiger partial charge < -0.3 is 9.84 Å². The molecule has 1 N–H and O–H groups in total. The number of aliphatic hydroxyl groups is 1. The summed E-state index contributed by atoms with van der Waals surface area (Å²) in [5.41, 5.74) is -2.00. The Bertz CT molecular complexity index is 424. The molecule has 106 valence electrons. The van der Waals surface area contributed by atoms with Gasteiger partial charge in [0, 0.05) is 5.41 Å². The lowest BCUT2D eigenvalue weighted by molar-refractivity contribution is -0.185. The first-order valence-corrected chi connectivity index (χ1v) is 7.13. The van der Waals surface area contributed by atoms with Gasteiger partial charge in [0.25, 0.3) is 0 Å². The highest BCUT2D eigenvalue weighted by Crippen LogP contribution is 2.61. The minimum atomic E-state index is -1.09. The molecule has 0 heterocycles. The number of hydrogen-bond acceptors (Lipinski definition) is 3. The van der Waals surface area contributed by atoms with Crippen LogP contribution in [0.15, 0.2) is 0 Å². The molecule has 2 saturated carbocycles. The SMILES string of the molecule is C#CC1(O)CCCC2[C@](C)(C(=O)OC)CCC[C@]21C. The fourth-order valence-electron chi connectivity index (χ4n) is 4.57. The third-order valence-electron chi connectivity index (χ3n) is 5.80. The van der Waals surface area contributed by atoms with E-state index in [1.807, 2.05) is 6.92 Å². The number of carbonyl (C=O) groups excluding carboxylic acids is 1. The van der Waals surface area contributed by atoms with Crippen molar-refractivity contribution in [2.45, 2.75) is 58.0 Å². The summed E-state index contributed by atoms with van der Waals surface area (Å²) in [5.74, 6) is 2.55. The van der Waals surface area contributed by atoms with E-state index >= 15 is 0 Å². The van der Waals surface area contributed by atoms with E-state index in [4.69, 9.17) is 11.2 Å². The Morgan fingerprint density at radius 2 is 2.00 bits per heavy atom. The monoisotopic (exact) mass is 264 g/mol. The highest BCUT2D eigenvalue weighted by molar-refractivity contribution is 5.77. The molecule has 0 spiro atoms. The van der Waals surface area contributed by atoms with Gasteiger partial charge >= 0.3 is 5.97 Å². The molecule has 0 aliphatic heterocycles. The van der Waals surface area contributed by atoms with Crippen LogP contribution in [0.5, 0.6) is 0 Å². The van der Waals surface area contributed by atoms with Crippen LogP contribution in [0, 0.1) is 29.1 Å². The van der Waals surface area contributed by atoms with Gasteiger partial charge in [0.2, 0.25) is 0 Å². The van der Waals surface area contributed by atoms with E-state index in [9.17, 15) is 9.90 Å². The maximum Gasteiger partial charge on any atom is 0.311 e. The van der Waals surface area contributed by atoms with E-state index in [1.165, 1.54) is 7.11 Å². The van der Waals surface area contributed by atoms with Crippen LogP contribution in [0.1, 0.15) is 52.4 Å². The minimum absolute atomic E-state index is 0.0935. The lowest BCUT2D eigenvalue weighted by atomic mass is 9.46. The first-order chi connectivity index (χ1) is 8.84. The Hall–Kier alpha value is -1.01. The van der Waals surface area contributed by atoms with Crippen molar-refractivity contribution >= 4 is 5.97 Å².